The van der Waals surface area contributed by atoms with Gasteiger partial charge in [0.05, 0.1) is 5.56 Å². The normalized spacial score (nSPS) is 21.1. The number of fused-ring (bicyclic) bond motifs is 1. The monoisotopic (exact) mass is 542 g/mol. The van der Waals surface area contributed by atoms with Crippen molar-refractivity contribution in [3.63, 3.8) is 0 Å². The second-order valence-corrected chi connectivity index (χ2v) is 9.08. The molecule has 2 fully saturated rings. The Balaban J connectivity index is 0.00000380. The van der Waals surface area contributed by atoms with Crippen LogP contribution >= 0.6 is 12.4 Å². The number of carbonyl (C=O) groups excluding carboxylic acids is 1. The zero-order chi connectivity index (χ0) is 25.9. The average molecular weight is 543 g/mol. The molecule has 0 unspecified atom stereocenters. The summed E-state index contributed by atoms with van der Waals surface area (Å²) in [6.45, 7) is 4.20. The number of carbonyl (C=O) groups is 2. The van der Waals surface area contributed by atoms with E-state index in [1.807, 2.05) is 12.1 Å². The summed E-state index contributed by atoms with van der Waals surface area (Å²) in [6, 6.07) is 12.1. The second kappa shape index (κ2) is 12.1. The highest BCUT2D eigenvalue weighted by atomic mass is 35.5. The van der Waals surface area contributed by atoms with E-state index in [-0.39, 0.29) is 36.3 Å². The molecule has 2 N–H and O–H groups in total. The van der Waals surface area contributed by atoms with Crippen molar-refractivity contribution in [3.05, 3.63) is 65.2 Å². The van der Waals surface area contributed by atoms with Gasteiger partial charge in [-0.1, -0.05) is 18.2 Å². The Labute approximate surface area is 219 Å². The van der Waals surface area contributed by atoms with Crippen LogP contribution in [0, 0.1) is 11.8 Å². The third kappa shape index (κ3) is 7.15. The number of carboxylic acids is 1. The van der Waals surface area contributed by atoms with E-state index in [1.165, 1.54) is 12.1 Å². The van der Waals surface area contributed by atoms with Crippen LogP contribution in [0.3, 0.4) is 0 Å². The van der Waals surface area contributed by atoms with Gasteiger partial charge in [0.2, 0.25) is 0 Å². The van der Waals surface area contributed by atoms with Crippen molar-refractivity contribution in [1.82, 2.24) is 10.2 Å². The number of alkyl halides is 3. The van der Waals surface area contributed by atoms with Gasteiger partial charge in [0, 0.05) is 44.3 Å². The Bertz CT molecular complexity index is 1070. The predicted octanol–water partition coefficient (Wildman–Crippen LogP) is 3.90. The van der Waals surface area contributed by atoms with E-state index in [0.29, 0.717) is 50.4 Å². The van der Waals surface area contributed by atoms with E-state index in [4.69, 9.17) is 9.47 Å². The number of nitrogens with zero attached hydrogens (tertiary/aromatic N) is 1. The maximum absolute atomic E-state index is 12.9. The first-order chi connectivity index (χ1) is 17.2. The number of piperidine rings is 1. The molecule has 1 heterocycles. The van der Waals surface area contributed by atoms with E-state index >= 15 is 0 Å². The number of ether oxygens (including phenoxy) is 2. The van der Waals surface area contributed by atoms with Crippen molar-refractivity contribution in [3.8, 4) is 5.75 Å². The van der Waals surface area contributed by atoms with Crippen LogP contribution in [-0.4, -0.2) is 66.9 Å². The SMILES string of the molecule is CCO[C@@H](Cc1ccc(OCCN[C@H]2[C@@H]3CN(C(=O)c4cccc(C(F)(F)F)c4)C[C@@H]32)cc1)C(=O)O.Cl. The van der Waals surface area contributed by atoms with E-state index in [9.17, 15) is 27.9 Å². The molecule has 37 heavy (non-hydrogen) atoms. The number of carboxylic acid groups (broad SMARTS) is 1. The fourth-order valence-corrected chi connectivity index (χ4v) is 4.76. The van der Waals surface area contributed by atoms with Crippen molar-refractivity contribution in [1.29, 1.82) is 0 Å². The topological polar surface area (TPSA) is 88.1 Å². The average Bonchev–Trinajstić information content (AvgIpc) is 3.29. The van der Waals surface area contributed by atoms with Crippen molar-refractivity contribution in [2.75, 3.05) is 32.8 Å². The fraction of sp³-hybridized carbons (Fsp3) is 0.462. The molecule has 7 nitrogen and oxygen atoms in total. The molecule has 4 atom stereocenters. The minimum atomic E-state index is -4.48. The van der Waals surface area contributed by atoms with Gasteiger partial charge in [-0.2, -0.15) is 13.2 Å². The molecule has 11 heteroatoms. The van der Waals surface area contributed by atoms with Crippen molar-refractivity contribution in [2.45, 2.75) is 31.7 Å². The number of benzene rings is 2. The van der Waals surface area contributed by atoms with Gasteiger partial charge < -0.3 is 24.8 Å². The standard InChI is InChI=1S/C26H29F3N2O5.ClH/c1-2-35-22(25(33)34)12-16-6-8-19(9-7-16)36-11-10-30-23-20-14-31(15-21(20)23)24(32)17-4-3-5-18(13-17)26(27,28)29;/h3-9,13,20-23,30H,2,10-12,14-15H2,1H3,(H,33,34);1H/t20-,21+,22-,23+;/m0./s1. The minimum Gasteiger partial charge on any atom is -0.492 e. The zero-order valence-electron chi connectivity index (χ0n) is 20.2. The number of likely N-dealkylation sites (tertiary alicyclic amines) is 1. The van der Waals surface area contributed by atoms with Crippen LogP contribution < -0.4 is 10.1 Å². The van der Waals surface area contributed by atoms with Gasteiger partial charge in [0.25, 0.3) is 5.91 Å². The molecule has 2 aliphatic rings. The third-order valence-electron chi connectivity index (χ3n) is 6.66. The Hall–Kier alpha value is -2.82. The van der Waals surface area contributed by atoms with Crippen LogP contribution in [0.2, 0.25) is 0 Å². The Morgan fingerprint density at radius 2 is 1.81 bits per heavy atom. The van der Waals surface area contributed by atoms with Gasteiger partial charge >= 0.3 is 12.1 Å². The first kappa shape index (κ1) is 28.7. The van der Waals surface area contributed by atoms with E-state index in [0.717, 1.165) is 17.7 Å². The van der Waals surface area contributed by atoms with Crippen LogP contribution in [0.15, 0.2) is 48.5 Å². The molecule has 0 bridgehead atoms. The maximum Gasteiger partial charge on any atom is 0.416 e. The Morgan fingerprint density at radius 1 is 1.14 bits per heavy atom. The lowest BCUT2D eigenvalue weighted by molar-refractivity contribution is -0.150. The number of aliphatic carboxylic acids is 1. The van der Waals surface area contributed by atoms with Gasteiger partial charge in [-0.25, -0.2) is 4.79 Å². The molecule has 0 aromatic heterocycles. The molecular weight excluding hydrogens is 513 g/mol. The third-order valence-corrected chi connectivity index (χ3v) is 6.66. The largest absolute Gasteiger partial charge is 0.492 e. The number of hydrogen-bond acceptors (Lipinski definition) is 5. The van der Waals surface area contributed by atoms with Crippen molar-refractivity contribution < 1.29 is 37.3 Å². The van der Waals surface area contributed by atoms with E-state index in [2.05, 4.69) is 5.32 Å². The quantitative estimate of drug-likeness (QED) is 0.419. The number of nitrogens with one attached hydrogen (secondary N) is 1. The lowest BCUT2D eigenvalue weighted by Gasteiger charge is -2.21. The van der Waals surface area contributed by atoms with E-state index in [1.54, 1.807) is 24.0 Å². The van der Waals surface area contributed by atoms with Crippen LogP contribution in [-0.2, 0) is 22.1 Å². The summed E-state index contributed by atoms with van der Waals surface area (Å²) >= 11 is 0. The maximum atomic E-state index is 12.9. The van der Waals surface area contributed by atoms with Crippen molar-refractivity contribution in [2.24, 2.45) is 11.8 Å². The summed E-state index contributed by atoms with van der Waals surface area (Å²) in [6.07, 6.45) is -5.07. The zero-order valence-corrected chi connectivity index (χ0v) is 21.1. The highest BCUT2D eigenvalue weighted by Crippen LogP contribution is 2.45. The van der Waals surface area contributed by atoms with Crippen LogP contribution in [0.1, 0.15) is 28.4 Å². The molecule has 0 radical (unpaired) electrons. The summed E-state index contributed by atoms with van der Waals surface area (Å²) in [7, 11) is 0. The lowest BCUT2D eigenvalue weighted by atomic mass is 10.1. The highest BCUT2D eigenvalue weighted by molar-refractivity contribution is 5.94. The summed E-state index contributed by atoms with van der Waals surface area (Å²) in [5.41, 5.74) is 0.0876. The summed E-state index contributed by atoms with van der Waals surface area (Å²) in [5.74, 6) is -0.0817. The number of halogens is 4. The van der Waals surface area contributed by atoms with Gasteiger partial charge in [0.1, 0.15) is 12.4 Å². The Morgan fingerprint density at radius 3 is 2.41 bits per heavy atom. The van der Waals surface area contributed by atoms with Gasteiger partial charge in [-0.3, -0.25) is 4.79 Å². The second-order valence-electron chi connectivity index (χ2n) is 9.08. The minimum absolute atomic E-state index is 0. The molecule has 202 valence electrons. The van der Waals surface area contributed by atoms with Crippen molar-refractivity contribution >= 4 is 24.3 Å². The lowest BCUT2D eigenvalue weighted by Crippen LogP contribution is -2.36. The summed E-state index contributed by atoms with van der Waals surface area (Å²) in [4.78, 5) is 25.5. The molecular formula is C26H30ClF3N2O5. The molecule has 1 amide bonds. The summed E-state index contributed by atoms with van der Waals surface area (Å²) in [5, 5.41) is 12.6. The number of hydrogen-bond donors (Lipinski definition) is 2. The molecule has 4 rings (SSSR count). The van der Waals surface area contributed by atoms with Gasteiger partial charge in [-0.15, -0.1) is 12.4 Å². The van der Waals surface area contributed by atoms with Gasteiger partial charge in [0.15, 0.2) is 6.10 Å². The van der Waals surface area contributed by atoms with Crippen LogP contribution in [0.4, 0.5) is 13.2 Å². The first-order valence-electron chi connectivity index (χ1n) is 11.9. The van der Waals surface area contributed by atoms with Crippen LogP contribution in [0.25, 0.3) is 0 Å². The first-order valence-corrected chi connectivity index (χ1v) is 11.9. The summed E-state index contributed by atoms with van der Waals surface area (Å²) < 4.78 is 49.8. The number of rotatable bonds is 11. The highest BCUT2D eigenvalue weighted by Gasteiger charge is 2.56. The molecule has 2 aromatic carbocycles. The smallest absolute Gasteiger partial charge is 0.416 e. The Kier molecular flexibility index (Phi) is 9.44. The molecule has 1 aliphatic carbocycles. The van der Waals surface area contributed by atoms with Gasteiger partial charge in [-0.05, 0) is 54.7 Å². The molecule has 1 saturated heterocycles. The molecule has 1 aliphatic heterocycles. The fourth-order valence-electron chi connectivity index (χ4n) is 4.76. The molecule has 1 saturated carbocycles. The number of amides is 1. The predicted molar refractivity (Wildman–Crippen MR) is 132 cm³/mol. The van der Waals surface area contributed by atoms with E-state index < -0.39 is 23.8 Å². The molecule has 2 aromatic rings. The van der Waals surface area contributed by atoms with Crippen LogP contribution in [0.5, 0.6) is 5.75 Å². The molecule has 0 spiro atoms.